The minimum Gasteiger partial charge on any atom is -0.140 e. The molecule has 0 fully saturated rings. The second kappa shape index (κ2) is 3.17. The van der Waals surface area contributed by atoms with Gasteiger partial charge in [0.15, 0.2) is 9.74 Å². The van der Waals surface area contributed by atoms with E-state index in [9.17, 15) is 0 Å². The van der Waals surface area contributed by atoms with Crippen LogP contribution in [0.15, 0.2) is 30.9 Å². The van der Waals surface area contributed by atoms with E-state index < -0.39 is 9.74 Å². The number of thiol groups is 2. The molecular formula is C5H4N6S3. The van der Waals surface area contributed by atoms with Gasteiger partial charge in [-0.25, -0.2) is 0 Å². The average Bonchev–Trinajstić information content (AvgIpc) is 2.75. The van der Waals surface area contributed by atoms with Gasteiger partial charge < -0.3 is 0 Å². The minimum atomic E-state index is -1.05. The molecule has 0 N–H and O–H groups in total. The standard InChI is InChI=1S/C5H4N6S3/c12-3(4(13)1-6-10-8-4)5(14)2-7-11-9-5/h1-2,13-14H. The summed E-state index contributed by atoms with van der Waals surface area (Å²) >= 11 is 13.6. The van der Waals surface area contributed by atoms with Crippen LogP contribution in [0.3, 0.4) is 0 Å². The molecular weight excluding hydrogens is 240 g/mol. The van der Waals surface area contributed by atoms with Crippen LogP contribution in [0.5, 0.6) is 0 Å². The van der Waals surface area contributed by atoms with Crippen molar-refractivity contribution in [1.82, 2.24) is 0 Å². The zero-order valence-electron chi connectivity index (χ0n) is 6.64. The SMILES string of the molecule is S=C(C1(S)C=NN=N1)C1(S)C=NN=N1. The van der Waals surface area contributed by atoms with Crippen LogP contribution in [-0.2, 0) is 0 Å². The summed E-state index contributed by atoms with van der Waals surface area (Å²) in [5.41, 5.74) is 0. The van der Waals surface area contributed by atoms with Crippen LogP contribution in [-0.4, -0.2) is 27.0 Å². The fourth-order valence-corrected chi connectivity index (χ4v) is 1.73. The maximum absolute atomic E-state index is 5.16. The summed E-state index contributed by atoms with van der Waals surface area (Å²) in [6, 6.07) is 0. The Morgan fingerprint density at radius 3 is 1.71 bits per heavy atom. The van der Waals surface area contributed by atoms with Gasteiger partial charge in [0.1, 0.15) is 0 Å². The lowest BCUT2D eigenvalue weighted by molar-refractivity contribution is 0.912. The number of hydrogen-bond donors (Lipinski definition) is 2. The first-order chi connectivity index (χ1) is 6.57. The molecule has 2 aliphatic rings. The Balaban J connectivity index is 2.33. The molecule has 2 unspecified atom stereocenters. The number of thiocarbonyl (C=S) groups is 1. The van der Waals surface area contributed by atoms with Crippen LogP contribution in [0.1, 0.15) is 0 Å². The summed E-state index contributed by atoms with van der Waals surface area (Å²) in [7, 11) is 0. The Morgan fingerprint density at radius 1 is 1.00 bits per heavy atom. The summed E-state index contributed by atoms with van der Waals surface area (Å²) in [5.74, 6) is 0. The van der Waals surface area contributed by atoms with Gasteiger partial charge in [-0.2, -0.15) is 0 Å². The molecule has 0 aromatic carbocycles. The zero-order chi connectivity index (χ0) is 10.2. The van der Waals surface area contributed by atoms with Crippen LogP contribution >= 0.6 is 37.5 Å². The smallest absolute Gasteiger partial charge is 0.140 e. The molecule has 0 aromatic rings. The van der Waals surface area contributed by atoms with Gasteiger partial charge in [0, 0.05) is 0 Å². The molecule has 0 amide bonds. The summed E-state index contributed by atoms with van der Waals surface area (Å²) in [6.45, 7) is 0. The van der Waals surface area contributed by atoms with E-state index in [4.69, 9.17) is 12.2 Å². The third kappa shape index (κ3) is 1.41. The molecule has 2 heterocycles. The van der Waals surface area contributed by atoms with Gasteiger partial charge in [0.05, 0.1) is 17.3 Å². The maximum atomic E-state index is 5.16. The highest BCUT2D eigenvalue weighted by atomic mass is 32.1. The highest BCUT2D eigenvalue weighted by Gasteiger charge is 2.45. The van der Waals surface area contributed by atoms with E-state index in [1.54, 1.807) is 0 Å². The fourth-order valence-electron chi connectivity index (χ4n) is 0.931. The molecule has 0 bridgehead atoms. The Bertz CT molecular complexity index is 336. The molecule has 2 rings (SSSR count). The van der Waals surface area contributed by atoms with Crippen molar-refractivity contribution >= 4 is 54.8 Å². The Morgan fingerprint density at radius 2 is 1.43 bits per heavy atom. The Hall–Kier alpha value is -0.670. The van der Waals surface area contributed by atoms with E-state index in [1.165, 1.54) is 12.4 Å². The minimum absolute atomic E-state index is 0.326. The first kappa shape index (κ1) is 9.87. The van der Waals surface area contributed by atoms with Crippen molar-refractivity contribution in [3.8, 4) is 0 Å². The predicted molar refractivity (Wildman–Crippen MR) is 62.7 cm³/mol. The molecule has 0 aliphatic carbocycles. The van der Waals surface area contributed by atoms with E-state index in [1.807, 2.05) is 0 Å². The number of hydrogen-bond acceptors (Lipinski definition) is 9. The molecule has 9 heteroatoms. The second-order valence-electron chi connectivity index (χ2n) is 2.65. The van der Waals surface area contributed by atoms with E-state index in [0.717, 1.165) is 0 Å². The highest BCUT2D eigenvalue weighted by molar-refractivity contribution is 7.91. The molecule has 0 aromatic heterocycles. The fraction of sp³-hybridized carbons (Fsp3) is 0.400. The molecule has 0 saturated carbocycles. The normalized spacial score (nSPS) is 38.4. The third-order valence-electron chi connectivity index (χ3n) is 1.64. The molecule has 0 saturated heterocycles. The molecule has 0 radical (unpaired) electrons. The molecule has 2 atom stereocenters. The van der Waals surface area contributed by atoms with Crippen molar-refractivity contribution < 1.29 is 0 Å². The highest BCUT2D eigenvalue weighted by Crippen LogP contribution is 2.33. The lowest BCUT2D eigenvalue weighted by atomic mass is 10.1. The van der Waals surface area contributed by atoms with Gasteiger partial charge in [0.25, 0.3) is 0 Å². The van der Waals surface area contributed by atoms with E-state index in [0.29, 0.717) is 4.86 Å². The molecule has 0 spiro atoms. The van der Waals surface area contributed by atoms with Crippen molar-refractivity contribution in [1.29, 1.82) is 0 Å². The quantitative estimate of drug-likeness (QED) is 0.561. The largest absolute Gasteiger partial charge is 0.198 e. The van der Waals surface area contributed by atoms with E-state index in [-0.39, 0.29) is 0 Å². The second-order valence-corrected chi connectivity index (χ2v) is 4.42. The molecule has 6 nitrogen and oxygen atoms in total. The van der Waals surface area contributed by atoms with Crippen molar-refractivity contribution in [2.45, 2.75) is 9.74 Å². The lowest BCUT2D eigenvalue weighted by Crippen LogP contribution is -2.43. The van der Waals surface area contributed by atoms with Crippen LogP contribution < -0.4 is 0 Å². The van der Waals surface area contributed by atoms with Crippen LogP contribution in [0.2, 0.25) is 0 Å². The first-order valence-electron chi connectivity index (χ1n) is 3.49. The molecule has 72 valence electrons. The lowest BCUT2D eigenvalue weighted by Gasteiger charge is -2.23. The van der Waals surface area contributed by atoms with Crippen LogP contribution in [0.25, 0.3) is 0 Å². The van der Waals surface area contributed by atoms with Gasteiger partial charge in [0.2, 0.25) is 0 Å². The molecule has 14 heavy (non-hydrogen) atoms. The van der Waals surface area contributed by atoms with Gasteiger partial charge in [-0.1, -0.05) is 12.2 Å². The Labute approximate surface area is 95.5 Å². The van der Waals surface area contributed by atoms with Crippen molar-refractivity contribution in [3.05, 3.63) is 0 Å². The van der Waals surface area contributed by atoms with Crippen molar-refractivity contribution in [2.24, 2.45) is 30.9 Å². The summed E-state index contributed by atoms with van der Waals surface area (Å²) in [4.78, 5) is -1.77. The number of rotatable bonds is 2. The zero-order valence-corrected chi connectivity index (χ0v) is 9.25. The van der Waals surface area contributed by atoms with Gasteiger partial charge in [-0.15, -0.1) is 45.7 Å². The van der Waals surface area contributed by atoms with Crippen LogP contribution in [0, 0.1) is 0 Å². The van der Waals surface area contributed by atoms with Crippen molar-refractivity contribution in [2.75, 3.05) is 0 Å². The van der Waals surface area contributed by atoms with Gasteiger partial charge >= 0.3 is 0 Å². The monoisotopic (exact) mass is 244 g/mol. The average molecular weight is 244 g/mol. The van der Waals surface area contributed by atoms with Crippen molar-refractivity contribution in [3.63, 3.8) is 0 Å². The Kier molecular flexibility index (Phi) is 2.24. The third-order valence-corrected chi connectivity index (χ3v) is 3.42. The van der Waals surface area contributed by atoms with E-state index >= 15 is 0 Å². The van der Waals surface area contributed by atoms with Crippen LogP contribution in [0.4, 0.5) is 0 Å². The predicted octanol–water partition coefficient (Wildman–Crippen LogP) is 1.51. The maximum Gasteiger partial charge on any atom is 0.198 e. The van der Waals surface area contributed by atoms with E-state index in [2.05, 4.69) is 56.1 Å². The number of nitrogens with zero attached hydrogens (tertiary/aromatic N) is 6. The first-order valence-corrected chi connectivity index (χ1v) is 4.79. The van der Waals surface area contributed by atoms with Gasteiger partial charge in [-0.05, 0) is 10.4 Å². The summed E-state index contributed by atoms with van der Waals surface area (Å²) < 4.78 is 0. The topological polar surface area (TPSA) is 74.2 Å². The summed E-state index contributed by atoms with van der Waals surface area (Å²) in [6.07, 6.45) is 2.83. The molecule has 2 aliphatic heterocycles. The summed E-state index contributed by atoms with van der Waals surface area (Å²) in [5, 5.41) is 21.6. The van der Waals surface area contributed by atoms with Gasteiger partial charge in [-0.3, -0.25) is 0 Å².